The van der Waals surface area contributed by atoms with E-state index in [1.165, 1.54) is 93.9 Å². The summed E-state index contributed by atoms with van der Waals surface area (Å²) >= 11 is 0. The van der Waals surface area contributed by atoms with Gasteiger partial charge in [-0.25, -0.2) is 0 Å². The Morgan fingerprint density at radius 1 is 0.381 bits per heavy atom. The van der Waals surface area contributed by atoms with Crippen LogP contribution in [0.15, 0.2) is 231 Å². The second-order valence-electron chi connectivity index (χ2n) is 17.3. The zero-order valence-corrected chi connectivity index (χ0v) is 35.3. The van der Waals surface area contributed by atoms with E-state index in [0.717, 1.165) is 17.1 Å². The molecule has 0 fully saturated rings. The minimum atomic E-state index is -0.246. The fraction of sp³-hybridized carbons (Fsp3) is 0.0492. The van der Waals surface area contributed by atoms with Crippen LogP contribution in [0.1, 0.15) is 25.0 Å². The van der Waals surface area contributed by atoms with Gasteiger partial charge in [-0.2, -0.15) is 0 Å². The van der Waals surface area contributed by atoms with Gasteiger partial charge in [0.25, 0.3) is 0 Å². The van der Waals surface area contributed by atoms with Crippen molar-refractivity contribution in [2.75, 3.05) is 4.90 Å². The Bertz CT molecular complexity index is 3510. The van der Waals surface area contributed by atoms with E-state index in [-0.39, 0.29) is 5.41 Å². The van der Waals surface area contributed by atoms with Crippen LogP contribution < -0.4 is 4.90 Å². The molecule has 63 heavy (non-hydrogen) atoms. The molecule has 0 saturated heterocycles. The Labute approximate surface area is 368 Å². The van der Waals surface area contributed by atoms with E-state index in [0.29, 0.717) is 0 Å². The van der Waals surface area contributed by atoms with Crippen molar-refractivity contribution < 1.29 is 0 Å². The number of hydrogen-bond donors (Lipinski definition) is 0. The van der Waals surface area contributed by atoms with E-state index in [1.807, 2.05) is 0 Å². The second kappa shape index (κ2) is 14.6. The third-order valence-electron chi connectivity index (χ3n) is 13.3. The van der Waals surface area contributed by atoms with Gasteiger partial charge in [0.05, 0.1) is 16.9 Å². The quantitative estimate of drug-likeness (QED) is 0.156. The summed E-state index contributed by atoms with van der Waals surface area (Å²) in [6.07, 6.45) is 0. The summed E-state index contributed by atoms with van der Waals surface area (Å²) in [5.41, 5.74) is 18.1. The molecule has 1 aliphatic carbocycles. The molecule has 10 aromatic carbocycles. The molecule has 2 heteroatoms. The maximum Gasteiger partial charge on any atom is 0.0620 e. The van der Waals surface area contributed by atoms with Gasteiger partial charge in [0.2, 0.25) is 0 Å². The van der Waals surface area contributed by atoms with Gasteiger partial charge in [-0.15, -0.1) is 0 Å². The lowest BCUT2D eigenvalue weighted by atomic mass is 9.81. The standard InChI is InChI=1S/C61H44N2/c1-61(2)55-38-44(34-36-50(55)51-37-35-47(39-56(51)61)62(45-26-11-5-12-27-45)57-33-19-25-41-20-15-16-30-48(41)57)53-40-54-58(42-21-7-3-8-22-42)59(43-23-9-4-10-24-43)63(46-28-13-6-14-29-46)60(54)52-32-18-17-31-49(52)53/h3-40H,1-2H3. The van der Waals surface area contributed by atoms with Crippen LogP contribution in [0.3, 0.4) is 0 Å². The van der Waals surface area contributed by atoms with Gasteiger partial charge >= 0.3 is 0 Å². The molecule has 0 aliphatic heterocycles. The number of anilines is 3. The molecular formula is C61H44N2. The summed E-state index contributed by atoms with van der Waals surface area (Å²) in [6, 6.07) is 84.6. The highest BCUT2D eigenvalue weighted by molar-refractivity contribution is 6.20. The number of aromatic nitrogens is 1. The van der Waals surface area contributed by atoms with Crippen molar-refractivity contribution in [1.82, 2.24) is 4.57 Å². The fourth-order valence-electron chi connectivity index (χ4n) is 10.4. The average Bonchev–Trinajstić information content (AvgIpc) is 3.81. The number of para-hydroxylation sites is 2. The molecule has 0 N–H and O–H groups in total. The van der Waals surface area contributed by atoms with Crippen LogP contribution in [0.5, 0.6) is 0 Å². The smallest absolute Gasteiger partial charge is 0.0620 e. The molecule has 0 radical (unpaired) electrons. The number of benzene rings is 10. The lowest BCUT2D eigenvalue weighted by Gasteiger charge is -2.29. The van der Waals surface area contributed by atoms with Crippen molar-refractivity contribution in [2.45, 2.75) is 19.3 Å². The first-order valence-electron chi connectivity index (χ1n) is 21.9. The third kappa shape index (κ3) is 5.86. The first-order chi connectivity index (χ1) is 31.0. The van der Waals surface area contributed by atoms with Crippen LogP contribution in [0.4, 0.5) is 17.1 Å². The van der Waals surface area contributed by atoms with Crippen LogP contribution in [-0.4, -0.2) is 4.57 Å². The van der Waals surface area contributed by atoms with E-state index in [4.69, 9.17) is 0 Å². The molecule has 0 saturated carbocycles. The van der Waals surface area contributed by atoms with E-state index < -0.39 is 0 Å². The first-order valence-corrected chi connectivity index (χ1v) is 21.9. The molecule has 12 rings (SSSR count). The van der Waals surface area contributed by atoms with Crippen molar-refractivity contribution in [3.05, 3.63) is 242 Å². The number of nitrogens with zero attached hydrogens (tertiary/aromatic N) is 2. The molecule has 298 valence electrons. The van der Waals surface area contributed by atoms with Gasteiger partial charge in [0.15, 0.2) is 0 Å². The normalized spacial score (nSPS) is 12.7. The summed E-state index contributed by atoms with van der Waals surface area (Å²) in [5.74, 6) is 0. The Kier molecular flexibility index (Phi) is 8.55. The SMILES string of the molecule is CC1(C)c2cc(-c3cc4c(-c5ccccc5)c(-c5ccccc5)n(-c5ccccc5)c4c4ccccc34)ccc2-c2ccc(N(c3ccccc3)c3cccc4ccccc34)cc21. The molecule has 1 aliphatic rings. The third-order valence-corrected chi connectivity index (χ3v) is 13.3. The fourth-order valence-corrected chi connectivity index (χ4v) is 10.4. The molecule has 1 heterocycles. The molecule has 0 unspecified atom stereocenters. The molecule has 0 atom stereocenters. The van der Waals surface area contributed by atoms with E-state index in [2.05, 4.69) is 254 Å². The van der Waals surface area contributed by atoms with Gasteiger partial charge in [0, 0.05) is 44.2 Å². The average molecular weight is 805 g/mol. The van der Waals surface area contributed by atoms with Gasteiger partial charge in [-0.3, -0.25) is 0 Å². The topological polar surface area (TPSA) is 8.17 Å². The maximum absolute atomic E-state index is 2.50. The zero-order chi connectivity index (χ0) is 42.1. The molecular weight excluding hydrogens is 761 g/mol. The first kappa shape index (κ1) is 36.9. The molecule has 11 aromatic rings. The number of fused-ring (bicyclic) bond motifs is 7. The Morgan fingerprint density at radius 2 is 0.952 bits per heavy atom. The highest BCUT2D eigenvalue weighted by Crippen LogP contribution is 2.53. The molecule has 1 aromatic heterocycles. The lowest BCUT2D eigenvalue weighted by Crippen LogP contribution is -2.16. The number of hydrogen-bond acceptors (Lipinski definition) is 1. The van der Waals surface area contributed by atoms with E-state index in [9.17, 15) is 0 Å². The van der Waals surface area contributed by atoms with E-state index >= 15 is 0 Å². The van der Waals surface area contributed by atoms with Crippen molar-refractivity contribution >= 4 is 49.5 Å². The van der Waals surface area contributed by atoms with Crippen molar-refractivity contribution in [2.24, 2.45) is 0 Å². The van der Waals surface area contributed by atoms with Crippen LogP contribution in [0.25, 0.3) is 82.8 Å². The highest BCUT2D eigenvalue weighted by Gasteiger charge is 2.37. The predicted octanol–water partition coefficient (Wildman–Crippen LogP) is 16.7. The van der Waals surface area contributed by atoms with Crippen LogP contribution in [0.2, 0.25) is 0 Å². The second-order valence-corrected chi connectivity index (χ2v) is 17.3. The monoisotopic (exact) mass is 804 g/mol. The van der Waals surface area contributed by atoms with Gasteiger partial charge in [0.1, 0.15) is 0 Å². The summed E-state index contributed by atoms with van der Waals surface area (Å²) in [7, 11) is 0. The van der Waals surface area contributed by atoms with Crippen LogP contribution in [-0.2, 0) is 5.41 Å². The van der Waals surface area contributed by atoms with Gasteiger partial charge in [-0.1, -0.05) is 190 Å². The summed E-state index contributed by atoms with van der Waals surface area (Å²) < 4.78 is 2.50. The number of rotatable bonds is 7. The molecule has 2 nitrogen and oxygen atoms in total. The largest absolute Gasteiger partial charge is 0.310 e. The molecule has 0 spiro atoms. The van der Waals surface area contributed by atoms with Crippen LogP contribution >= 0.6 is 0 Å². The van der Waals surface area contributed by atoms with E-state index in [1.54, 1.807) is 0 Å². The summed E-state index contributed by atoms with van der Waals surface area (Å²) in [5, 5.41) is 6.16. The minimum Gasteiger partial charge on any atom is -0.310 e. The summed E-state index contributed by atoms with van der Waals surface area (Å²) in [6.45, 7) is 4.80. The van der Waals surface area contributed by atoms with Crippen LogP contribution in [0, 0.1) is 0 Å². The van der Waals surface area contributed by atoms with Gasteiger partial charge < -0.3 is 9.47 Å². The lowest BCUT2D eigenvalue weighted by molar-refractivity contribution is 0.660. The Hall–Kier alpha value is -7.94. The summed E-state index contributed by atoms with van der Waals surface area (Å²) in [4.78, 5) is 2.42. The molecule has 0 amide bonds. The molecule has 0 bridgehead atoms. The zero-order valence-electron chi connectivity index (χ0n) is 35.3. The van der Waals surface area contributed by atoms with Gasteiger partial charge in [-0.05, 0) is 110 Å². The Morgan fingerprint density at radius 3 is 1.68 bits per heavy atom. The Balaban J connectivity index is 1.06. The predicted molar refractivity (Wildman–Crippen MR) is 267 cm³/mol. The van der Waals surface area contributed by atoms with Crippen molar-refractivity contribution in [1.29, 1.82) is 0 Å². The van der Waals surface area contributed by atoms with Crippen molar-refractivity contribution in [3.8, 4) is 50.3 Å². The maximum atomic E-state index is 2.50. The highest BCUT2D eigenvalue weighted by atomic mass is 15.1. The minimum absolute atomic E-state index is 0.246. The van der Waals surface area contributed by atoms with Crippen molar-refractivity contribution in [3.63, 3.8) is 0 Å².